The molecule has 1 heterocycles. The summed E-state index contributed by atoms with van der Waals surface area (Å²) in [5.41, 5.74) is 0. The Morgan fingerprint density at radius 2 is 1.92 bits per heavy atom. The number of likely N-dealkylation sites (N-methyl/N-ethyl adjacent to an activating group) is 2. The van der Waals surface area contributed by atoms with E-state index in [0.717, 1.165) is 57.8 Å². The van der Waals surface area contributed by atoms with Crippen molar-refractivity contribution >= 4 is 29.9 Å². The molecular formula is C19H40IN5O. The molecule has 154 valence electrons. The van der Waals surface area contributed by atoms with Crippen LogP contribution in [0.5, 0.6) is 0 Å². The van der Waals surface area contributed by atoms with Gasteiger partial charge in [0, 0.05) is 59.0 Å². The molecule has 7 heteroatoms. The smallest absolute Gasteiger partial charge is 0.193 e. The maximum atomic E-state index is 5.76. The largest absolute Gasteiger partial charge is 0.379 e. The van der Waals surface area contributed by atoms with E-state index in [9.17, 15) is 0 Å². The fraction of sp³-hybridized carbons (Fsp3) is 0.947. The zero-order valence-corrected chi connectivity index (χ0v) is 19.6. The first-order chi connectivity index (χ1) is 12.1. The van der Waals surface area contributed by atoms with Crippen LogP contribution in [0.4, 0.5) is 0 Å². The average Bonchev–Trinajstić information content (AvgIpc) is 3.46. The second-order valence-electron chi connectivity index (χ2n) is 7.45. The zero-order chi connectivity index (χ0) is 18.1. The minimum Gasteiger partial charge on any atom is -0.379 e. The van der Waals surface area contributed by atoms with Crippen LogP contribution in [0, 0.1) is 5.92 Å². The Bertz CT molecular complexity index is 397. The standard InChI is InChI=1S/C19H39N5O.HI/c1-5-20-19(22(4)13-14-25-16-18-7-8-18)21-15-17(3)24-11-9-23(6-2)10-12-24;/h17-18H,5-16H2,1-4H3,(H,20,21);1H. The Morgan fingerprint density at radius 3 is 2.50 bits per heavy atom. The molecule has 0 aromatic rings. The molecule has 0 spiro atoms. The number of rotatable bonds is 10. The van der Waals surface area contributed by atoms with E-state index in [2.05, 4.69) is 47.8 Å². The van der Waals surface area contributed by atoms with E-state index >= 15 is 0 Å². The Balaban J connectivity index is 0.00000338. The molecule has 1 saturated heterocycles. The molecule has 1 N–H and O–H groups in total. The average molecular weight is 481 g/mol. The normalized spacial score (nSPS) is 20.5. The van der Waals surface area contributed by atoms with Crippen LogP contribution in [0.1, 0.15) is 33.6 Å². The SMILES string of the molecule is CCNC(=NCC(C)N1CCN(CC)CC1)N(C)CCOCC1CC1.I. The minimum absolute atomic E-state index is 0. The quantitative estimate of drug-likeness (QED) is 0.224. The van der Waals surface area contributed by atoms with E-state index in [1.54, 1.807) is 0 Å². The number of nitrogens with one attached hydrogen (secondary N) is 1. The predicted molar refractivity (Wildman–Crippen MR) is 121 cm³/mol. The first-order valence-corrected chi connectivity index (χ1v) is 10.2. The molecule has 2 rings (SSSR count). The van der Waals surface area contributed by atoms with Gasteiger partial charge in [-0.05, 0) is 39.2 Å². The van der Waals surface area contributed by atoms with Gasteiger partial charge in [0.05, 0.1) is 13.2 Å². The minimum atomic E-state index is 0. The number of ether oxygens (including phenoxy) is 1. The number of guanidine groups is 1. The van der Waals surface area contributed by atoms with E-state index in [-0.39, 0.29) is 24.0 Å². The Morgan fingerprint density at radius 1 is 1.23 bits per heavy atom. The van der Waals surface area contributed by atoms with Gasteiger partial charge in [-0.2, -0.15) is 0 Å². The lowest BCUT2D eigenvalue weighted by atomic mass is 10.2. The number of nitrogens with zero attached hydrogens (tertiary/aromatic N) is 4. The van der Waals surface area contributed by atoms with Crippen molar-refractivity contribution in [1.29, 1.82) is 0 Å². The van der Waals surface area contributed by atoms with Crippen LogP contribution in [0.3, 0.4) is 0 Å². The number of hydrogen-bond acceptors (Lipinski definition) is 4. The number of piperazine rings is 1. The summed E-state index contributed by atoms with van der Waals surface area (Å²) in [6.07, 6.45) is 2.70. The second-order valence-corrected chi connectivity index (χ2v) is 7.45. The highest BCUT2D eigenvalue weighted by molar-refractivity contribution is 14.0. The lowest BCUT2D eigenvalue weighted by Gasteiger charge is -2.37. The van der Waals surface area contributed by atoms with Crippen molar-refractivity contribution in [2.45, 2.75) is 39.7 Å². The molecule has 26 heavy (non-hydrogen) atoms. The summed E-state index contributed by atoms with van der Waals surface area (Å²) in [5, 5.41) is 3.41. The summed E-state index contributed by atoms with van der Waals surface area (Å²) >= 11 is 0. The fourth-order valence-corrected chi connectivity index (χ4v) is 3.17. The summed E-state index contributed by atoms with van der Waals surface area (Å²) in [6.45, 7) is 16.9. The van der Waals surface area contributed by atoms with E-state index in [4.69, 9.17) is 9.73 Å². The lowest BCUT2D eigenvalue weighted by Crippen LogP contribution is -2.50. The van der Waals surface area contributed by atoms with Crippen molar-refractivity contribution in [2.24, 2.45) is 10.9 Å². The van der Waals surface area contributed by atoms with Gasteiger partial charge in [-0.1, -0.05) is 6.92 Å². The van der Waals surface area contributed by atoms with Gasteiger partial charge in [-0.3, -0.25) is 9.89 Å². The maximum absolute atomic E-state index is 5.76. The van der Waals surface area contributed by atoms with Gasteiger partial charge in [0.1, 0.15) is 0 Å². The van der Waals surface area contributed by atoms with Gasteiger partial charge >= 0.3 is 0 Å². The molecule has 2 aliphatic rings. The van der Waals surface area contributed by atoms with Crippen LogP contribution in [0.25, 0.3) is 0 Å². The van der Waals surface area contributed by atoms with Crippen LogP contribution >= 0.6 is 24.0 Å². The van der Waals surface area contributed by atoms with Crippen molar-refractivity contribution in [3.05, 3.63) is 0 Å². The molecular weight excluding hydrogens is 441 g/mol. The molecule has 2 fully saturated rings. The van der Waals surface area contributed by atoms with Crippen molar-refractivity contribution in [3.63, 3.8) is 0 Å². The van der Waals surface area contributed by atoms with E-state index in [1.807, 2.05) is 0 Å². The molecule has 1 aliphatic heterocycles. The molecule has 0 bridgehead atoms. The van der Waals surface area contributed by atoms with Crippen molar-refractivity contribution in [2.75, 3.05) is 72.6 Å². The van der Waals surface area contributed by atoms with Crippen LogP contribution in [0.2, 0.25) is 0 Å². The second kappa shape index (κ2) is 13.1. The van der Waals surface area contributed by atoms with Gasteiger partial charge < -0.3 is 19.9 Å². The number of halogens is 1. The molecule has 1 unspecified atom stereocenters. The van der Waals surface area contributed by atoms with Gasteiger partial charge in [0.25, 0.3) is 0 Å². The Labute approximate surface area is 177 Å². The van der Waals surface area contributed by atoms with Gasteiger partial charge in [0.15, 0.2) is 5.96 Å². The fourth-order valence-electron chi connectivity index (χ4n) is 3.17. The molecule has 0 aromatic carbocycles. The van der Waals surface area contributed by atoms with E-state index in [0.29, 0.717) is 6.04 Å². The molecule has 1 saturated carbocycles. The zero-order valence-electron chi connectivity index (χ0n) is 17.2. The van der Waals surface area contributed by atoms with Crippen molar-refractivity contribution in [1.82, 2.24) is 20.0 Å². The summed E-state index contributed by atoms with van der Waals surface area (Å²) in [4.78, 5) is 12.2. The first kappa shape index (κ1) is 23.9. The third-order valence-electron chi connectivity index (χ3n) is 5.30. The molecule has 1 aliphatic carbocycles. The van der Waals surface area contributed by atoms with E-state index in [1.165, 1.54) is 32.5 Å². The van der Waals surface area contributed by atoms with Crippen molar-refractivity contribution in [3.8, 4) is 0 Å². The predicted octanol–water partition coefficient (Wildman–Crippen LogP) is 1.95. The van der Waals surface area contributed by atoms with E-state index < -0.39 is 0 Å². The van der Waals surface area contributed by atoms with Crippen LogP contribution in [0.15, 0.2) is 4.99 Å². The Hall–Kier alpha value is -0.120. The highest BCUT2D eigenvalue weighted by Crippen LogP contribution is 2.28. The maximum Gasteiger partial charge on any atom is 0.193 e. The molecule has 0 radical (unpaired) electrons. The molecule has 0 aromatic heterocycles. The van der Waals surface area contributed by atoms with Crippen LogP contribution < -0.4 is 5.32 Å². The topological polar surface area (TPSA) is 43.3 Å². The third kappa shape index (κ3) is 8.71. The van der Waals surface area contributed by atoms with Gasteiger partial charge in [0.2, 0.25) is 0 Å². The molecule has 0 amide bonds. The van der Waals surface area contributed by atoms with Gasteiger partial charge in [-0.25, -0.2) is 0 Å². The third-order valence-corrected chi connectivity index (χ3v) is 5.30. The summed E-state index contributed by atoms with van der Waals surface area (Å²) in [7, 11) is 2.10. The van der Waals surface area contributed by atoms with Gasteiger partial charge in [-0.15, -0.1) is 24.0 Å². The highest BCUT2D eigenvalue weighted by atomic mass is 127. The first-order valence-electron chi connectivity index (χ1n) is 10.2. The van der Waals surface area contributed by atoms with Crippen molar-refractivity contribution < 1.29 is 4.74 Å². The monoisotopic (exact) mass is 481 g/mol. The Kier molecular flexibility index (Phi) is 12.1. The summed E-state index contributed by atoms with van der Waals surface area (Å²) < 4.78 is 5.76. The van der Waals surface area contributed by atoms with Crippen LogP contribution in [-0.2, 0) is 4.74 Å². The highest BCUT2D eigenvalue weighted by Gasteiger charge is 2.21. The molecule has 6 nitrogen and oxygen atoms in total. The number of hydrogen-bond donors (Lipinski definition) is 1. The molecule has 1 atom stereocenters. The van der Waals surface area contributed by atoms with Crippen LogP contribution in [-0.4, -0.2) is 99.3 Å². The lowest BCUT2D eigenvalue weighted by molar-refractivity contribution is 0.108. The number of aliphatic imine (C=N–C) groups is 1. The summed E-state index contributed by atoms with van der Waals surface area (Å²) in [5.74, 6) is 1.83. The summed E-state index contributed by atoms with van der Waals surface area (Å²) in [6, 6.07) is 0.493.